The Morgan fingerprint density at radius 1 is 1.42 bits per heavy atom. The minimum absolute atomic E-state index is 0.425. The van der Waals surface area contributed by atoms with Crippen LogP contribution in [0.5, 0.6) is 0 Å². The highest BCUT2D eigenvalue weighted by molar-refractivity contribution is 14.1. The molecule has 1 fully saturated rings. The molecule has 1 heterocycles. The third-order valence-corrected chi connectivity index (χ3v) is 2.19. The standard InChI is InChI=1S/C8H7FIN2/c9-7-3-5(10)4-8(12-7)11-6-1-2-6/h3-4H,1-2H2,(H,11,12). The Morgan fingerprint density at radius 3 is 2.75 bits per heavy atom. The van der Waals surface area contributed by atoms with Gasteiger partial charge in [0.2, 0.25) is 5.95 Å². The fourth-order valence-corrected chi connectivity index (χ4v) is 1.45. The molecule has 1 aromatic rings. The first-order valence-electron chi connectivity index (χ1n) is 3.69. The molecule has 0 aromatic carbocycles. The zero-order valence-electron chi connectivity index (χ0n) is 6.27. The summed E-state index contributed by atoms with van der Waals surface area (Å²) in [6.45, 7) is 0. The molecular formula is C8H7FIN2. The molecule has 2 nitrogen and oxygen atoms in total. The van der Waals surface area contributed by atoms with Crippen molar-refractivity contribution >= 4 is 28.4 Å². The minimum Gasteiger partial charge on any atom is -0.362 e. The van der Waals surface area contributed by atoms with Crippen molar-refractivity contribution in [1.82, 2.24) is 4.98 Å². The lowest BCUT2D eigenvalue weighted by Gasteiger charge is -2.02. The van der Waals surface area contributed by atoms with Gasteiger partial charge in [-0.05, 0) is 41.5 Å². The molecule has 63 valence electrons. The van der Waals surface area contributed by atoms with Crippen molar-refractivity contribution in [3.05, 3.63) is 27.7 Å². The summed E-state index contributed by atoms with van der Waals surface area (Å²) in [5.74, 6) is 0.192. The van der Waals surface area contributed by atoms with Gasteiger partial charge in [-0.1, -0.05) is 0 Å². The Kier molecular flexibility index (Phi) is 2.16. The molecule has 0 aliphatic heterocycles. The summed E-state index contributed by atoms with van der Waals surface area (Å²) in [6, 6.07) is 4.47. The van der Waals surface area contributed by atoms with Crippen LogP contribution < -0.4 is 5.32 Å². The number of nitrogens with one attached hydrogen (secondary N) is 1. The van der Waals surface area contributed by atoms with Gasteiger partial charge in [-0.25, -0.2) is 4.98 Å². The Bertz CT molecular complexity index is 279. The molecule has 1 N–H and O–H groups in total. The second-order valence-electron chi connectivity index (χ2n) is 2.72. The van der Waals surface area contributed by atoms with Crippen LogP contribution in [0.4, 0.5) is 10.2 Å². The molecule has 0 saturated heterocycles. The summed E-state index contributed by atoms with van der Waals surface area (Å²) < 4.78 is 13.6. The highest BCUT2D eigenvalue weighted by atomic mass is 127. The quantitative estimate of drug-likeness (QED) is 0.663. The fourth-order valence-electron chi connectivity index (χ4n) is 0.898. The number of anilines is 1. The summed E-state index contributed by atoms with van der Waals surface area (Å²) in [5.41, 5.74) is 0. The number of hydrogen-bond donors (Lipinski definition) is 1. The maximum absolute atomic E-state index is 12.7. The van der Waals surface area contributed by atoms with Gasteiger partial charge in [0, 0.05) is 9.64 Å². The second kappa shape index (κ2) is 3.16. The zero-order chi connectivity index (χ0) is 8.55. The summed E-state index contributed by atoms with van der Waals surface area (Å²) >= 11 is 2.07. The average Bonchev–Trinajstić information content (AvgIpc) is 2.68. The van der Waals surface area contributed by atoms with Gasteiger partial charge >= 0.3 is 0 Å². The molecule has 1 aliphatic carbocycles. The maximum atomic E-state index is 12.7. The number of pyridine rings is 1. The first-order valence-corrected chi connectivity index (χ1v) is 4.77. The van der Waals surface area contributed by atoms with Crippen molar-refractivity contribution in [1.29, 1.82) is 0 Å². The van der Waals surface area contributed by atoms with Crippen molar-refractivity contribution < 1.29 is 4.39 Å². The van der Waals surface area contributed by atoms with Crippen molar-refractivity contribution in [2.24, 2.45) is 0 Å². The number of nitrogens with zero attached hydrogens (tertiary/aromatic N) is 1. The molecule has 1 aromatic heterocycles. The third kappa shape index (κ3) is 2.06. The van der Waals surface area contributed by atoms with Crippen LogP contribution >= 0.6 is 22.6 Å². The van der Waals surface area contributed by atoms with Gasteiger partial charge in [0.25, 0.3) is 0 Å². The van der Waals surface area contributed by atoms with Crippen LogP contribution in [0.3, 0.4) is 0 Å². The number of hydrogen-bond acceptors (Lipinski definition) is 2. The van der Waals surface area contributed by atoms with Gasteiger partial charge in [-0.3, -0.25) is 0 Å². The second-order valence-corrected chi connectivity index (χ2v) is 3.97. The number of rotatable bonds is 2. The maximum Gasteiger partial charge on any atom is 0.215 e. The SMILES string of the molecule is Fc1cc(I)cc(N[C]2CC2)n1. The molecule has 12 heavy (non-hydrogen) atoms. The molecule has 0 atom stereocenters. The fraction of sp³-hybridized carbons (Fsp3) is 0.250. The van der Waals surface area contributed by atoms with E-state index in [0.717, 1.165) is 16.4 Å². The highest BCUT2D eigenvalue weighted by Crippen LogP contribution is 2.32. The van der Waals surface area contributed by atoms with E-state index in [1.54, 1.807) is 0 Å². The molecule has 1 saturated carbocycles. The van der Waals surface area contributed by atoms with Crippen LogP contribution in [0, 0.1) is 15.6 Å². The molecule has 0 bridgehead atoms. The molecule has 2 rings (SSSR count). The van der Waals surface area contributed by atoms with Crippen LogP contribution in [-0.2, 0) is 0 Å². The Hall–Kier alpha value is -0.390. The van der Waals surface area contributed by atoms with E-state index in [1.165, 1.54) is 12.1 Å². The molecule has 1 radical (unpaired) electrons. The van der Waals surface area contributed by atoms with Gasteiger partial charge < -0.3 is 5.32 Å². The van der Waals surface area contributed by atoms with Gasteiger partial charge in [-0.15, -0.1) is 0 Å². The largest absolute Gasteiger partial charge is 0.362 e. The molecule has 4 heteroatoms. The van der Waals surface area contributed by atoms with Crippen molar-refractivity contribution in [2.75, 3.05) is 5.32 Å². The smallest absolute Gasteiger partial charge is 0.215 e. The van der Waals surface area contributed by atoms with E-state index in [4.69, 9.17) is 0 Å². The van der Waals surface area contributed by atoms with Crippen LogP contribution in [0.2, 0.25) is 0 Å². The van der Waals surface area contributed by atoms with E-state index in [1.807, 2.05) is 6.07 Å². The normalized spacial score (nSPS) is 16.2. The van der Waals surface area contributed by atoms with Crippen molar-refractivity contribution in [2.45, 2.75) is 12.8 Å². The monoisotopic (exact) mass is 277 g/mol. The zero-order valence-corrected chi connectivity index (χ0v) is 8.43. The molecule has 0 amide bonds. The summed E-state index contributed by atoms with van der Waals surface area (Å²) in [4.78, 5) is 3.71. The van der Waals surface area contributed by atoms with E-state index >= 15 is 0 Å². The lowest BCUT2D eigenvalue weighted by Crippen LogP contribution is -1.98. The van der Waals surface area contributed by atoms with Crippen LogP contribution in [-0.4, -0.2) is 4.98 Å². The number of halogens is 2. The van der Waals surface area contributed by atoms with Crippen LogP contribution in [0.15, 0.2) is 12.1 Å². The first-order chi connectivity index (χ1) is 5.74. The van der Waals surface area contributed by atoms with Crippen molar-refractivity contribution in [3.8, 4) is 0 Å². The van der Waals surface area contributed by atoms with Crippen molar-refractivity contribution in [3.63, 3.8) is 0 Å². The lowest BCUT2D eigenvalue weighted by atomic mass is 10.4. The van der Waals surface area contributed by atoms with E-state index in [0.29, 0.717) is 5.82 Å². The van der Waals surface area contributed by atoms with Gasteiger partial charge in [0.1, 0.15) is 5.82 Å². The van der Waals surface area contributed by atoms with Crippen LogP contribution in [0.1, 0.15) is 12.8 Å². The average molecular weight is 277 g/mol. The molecular weight excluding hydrogens is 270 g/mol. The first kappa shape index (κ1) is 8.22. The Balaban J connectivity index is 2.18. The van der Waals surface area contributed by atoms with E-state index < -0.39 is 5.95 Å². The molecule has 0 unspecified atom stereocenters. The summed E-state index contributed by atoms with van der Waals surface area (Å²) in [5, 5.41) is 3.06. The predicted molar refractivity (Wildman–Crippen MR) is 53.0 cm³/mol. The van der Waals surface area contributed by atoms with Gasteiger partial charge in [-0.2, -0.15) is 4.39 Å². The van der Waals surface area contributed by atoms with Crippen LogP contribution in [0.25, 0.3) is 0 Å². The summed E-state index contributed by atoms with van der Waals surface area (Å²) in [7, 11) is 0. The van der Waals surface area contributed by atoms with Gasteiger partial charge in [0.05, 0.1) is 6.04 Å². The Morgan fingerprint density at radius 2 is 2.17 bits per heavy atom. The minimum atomic E-state index is -0.425. The highest BCUT2D eigenvalue weighted by Gasteiger charge is 2.22. The third-order valence-electron chi connectivity index (χ3n) is 1.56. The Labute approximate surface area is 83.7 Å². The van der Waals surface area contributed by atoms with E-state index in [2.05, 4.69) is 32.9 Å². The topological polar surface area (TPSA) is 24.9 Å². The molecule has 0 spiro atoms. The molecule has 1 aliphatic rings. The lowest BCUT2D eigenvalue weighted by molar-refractivity contribution is 0.584. The van der Waals surface area contributed by atoms with E-state index in [9.17, 15) is 4.39 Å². The predicted octanol–water partition coefficient (Wildman–Crippen LogP) is 2.56. The number of aromatic nitrogens is 1. The van der Waals surface area contributed by atoms with E-state index in [-0.39, 0.29) is 0 Å². The van der Waals surface area contributed by atoms with Gasteiger partial charge in [0.15, 0.2) is 0 Å². The summed E-state index contributed by atoms with van der Waals surface area (Å²) in [6.07, 6.45) is 2.18.